The number of aryl methyl sites for hydroxylation is 2. The van der Waals surface area contributed by atoms with Gasteiger partial charge in [-0.2, -0.15) is 5.10 Å². The number of amides is 1. The zero-order valence-electron chi connectivity index (χ0n) is 19.1. The minimum absolute atomic E-state index is 0.168. The monoisotopic (exact) mass is 468 g/mol. The number of thiophene rings is 1. The molecule has 1 aromatic carbocycles. The van der Waals surface area contributed by atoms with Gasteiger partial charge in [0.1, 0.15) is 10.9 Å². The zero-order chi connectivity index (χ0) is 23.4. The van der Waals surface area contributed by atoms with Crippen LogP contribution < -0.4 is 20.5 Å². The van der Waals surface area contributed by atoms with E-state index in [0.717, 1.165) is 48.1 Å². The summed E-state index contributed by atoms with van der Waals surface area (Å²) in [6.07, 6.45) is 8.00. The van der Waals surface area contributed by atoms with Gasteiger partial charge < -0.3 is 9.47 Å². The van der Waals surface area contributed by atoms with Gasteiger partial charge in [-0.05, 0) is 68.4 Å². The van der Waals surface area contributed by atoms with E-state index in [-0.39, 0.29) is 5.56 Å². The van der Waals surface area contributed by atoms with Gasteiger partial charge in [-0.15, -0.1) is 11.3 Å². The predicted octanol–water partition coefficient (Wildman–Crippen LogP) is 3.85. The molecule has 1 aliphatic carbocycles. The molecule has 2 aromatic heterocycles. The van der Waals surface area contributed by atoms with Crippen LogP contribution in [0.3, 0.4) is 0 Å². The number of rotatable bonds is 8. The first-order valence-corrected chi connectivity index (χ1v) is 12.0. The van der Waals surface area contributed by atoms with E-state index in [1.807, 2.05) is 19.1 Å². The van der Waals surface area contributed by atoms with Gasteiger partial charge in [-0.25, -0.2) is 10.4 Å². The Morgan fingerprint density at radius 3 is 2.94 bits per heavy atom. The first-order valence-electron chi connectivity index (χ1n) is 11.2. The van der Waals surface area contributed by atoms with Crippen molar-refractivity contribution in [1.82, 2.24) is 15.0 Å². The van der Waals surface area contributed by atoms with E-state index < -0.39 is 11.9 Å². The molecule has 3 aromatic rings. The number of fused-ring (bicyclic) bond motifs is 3. The predicted molar refractivity (Wildman–Crippen MR) is 130 cm³/mol. The molecule has 1 amide bonds. The first kappa shape index (κ1) is 23.0. The molecule has 0 saturated heterocycles. The summed E-state index contributed by atoms with van der Waals surface area (Å²) in [6, 6.07) is 4.67. The second-order valence-corrected chi connectivity index (χ2v) is 9.10. The minimum atomic E-state index is -0.745. The van der Waals surface area contributed by atoms with Crippen LogP contribution in [-0.4, -0.2) is 35.4 Å². The van der Waals surface area contributed by atoms with Crippen molar-refractivity contribution in [2.24, 2.45) is 5.10 Å². The van der Waals surface area contributed by atoms with Gasteiger partial charge >= 0.3 is 0 Å². The van der Waals surface area contributed by atoms with Crippen molar-refractivity contribution in [2.75, 3.05) is 13.7 Å². The maximum absolute atomic E-state index is 13.2. The smallest absolute Gasteiger partial charge is 0.263 e. The highest BCUT2D eigenvalue weighted by molar-refractivity contribution is 7.18. The van der Waals surface area contributed by atoms with Crippen molar-refractivity contribution in [3.05, 3.63) is 50.9 Å². The highest BCUT2D eigenvalue weighted by atomic mass is 32.1. The van der Waals surface area contributed by atoms with E-state index in [1.54, 1.807) is 31.4 Å². The van der Waals surface area contributed by atoms with Crippen molar-refractivity contribution in [2.45, 2.75) is 52.0 Å². The van der Waals surface area contributed by atoms with Crippen LogP contribution in [0.15, 0.2) is 34.4 Å². The Morgan fingerprint density at radius 1 is 1.33 bits per heavy atom. The molecule has 33 heavy (non-hydrogen) atoms. The molecule has 0 bridgehead atoms. The molecule has 8 nitrogen and oxygen atoms in total. The maximum atomic E-state index is 13.2. The Bertz CT molecular complexity index is 1250. The summed E-state index contributed by atoms with van der Waals surface area (Å²) in [7, 11) is 1.58. The van der Waals surface area contributed by atoms with Crippen LogP contribution >= 0.6 is 11.3 Å². The van der Waals surface area contributed by atoms with Crippen LogP contribution in [0.1, 0.15) is 55.2 Å². The highest BCUT2D eigenvalue weighted by Crippen LogP contribution is 2.33. The molecule has 0 unspecified atom stereocenters. The summed E-state index contributed by atoms with van der Waals surface area (Å²) < 4.78 is 12.4. The summed E-state index contributed by atoms with van der Waals surface area (Å²) in [6.45, 7) is 4.31. The average molecular weight is 469 g/mol. The second kappa shape index (κ2) is 10.2. The number of ether oxygens (including phenoxy) is 2. The number of aromatic nitrogens is 2. The molecule has 0 saturated carbocycles. The topological polar surface area (TPSA) is 94.8 Å². The quantitative estimate of drug-likeness (QED) is 0.400. The van der Waals surface area contributed by atoms with Gasteiger partial charge in [-0.1, -0.05) is 6.92 Å². The first-order chi connectivity index (χ1) is 16.0. The Labute approximate surface area is 196 Å². The van der Waals surface area contributed by atoms with Gasteiger partial charge in [0.25, 0.3) is 11.5 Å². The van der Waals surface area contributed by atoms with E-state index in [0.29, 0.717) is 23.5 Å². The molecule has 4 rings (SSSR count). The number of carbonyl (C=O) groups excluding carboxylic acids is 1. The minimum Gasteiger partial charge on any atom is -0.493 e. The number of methoxy groups -OCH3 is 1. The van der Waals surface area contributed by atoms with Gasteiger partial charge in [-0.3, -0.25) is 14.2 Å². The van der Waals surface area contributed by atoms with Crippen molar-refractivity contribution in [1.29, 1.82) is 0 Å². The molecule has 1 atom stereocenters. The highest BCUT2D eigenvalue weighted by Gasteiger charge is 2.23. The summed E-state index contributed by atoms with van der Waals surface area (Å²) in [5.74, 6) is 0.859. The summed E-state index contributed by atoms with van der Waals surface area (Å²) in [5.41, 5.74) is 4.21. The lowest BCUT2D eigenvalue weighted by Crippen LogP contribution is -2.34. The fourth-order valence-corrected chi connectivity index (χ4v) is 5.14. The fourth-order valence-electron chi connectivity index (χ4n) is 3.92. The van der Waals surface area contributed by atoms with Crippen LogP contribution in [0.4, 0.5) is 0 Å². The van der Waals surface area contributed by atoms with Crippen LogP contribution in [0.2, 0.25) is 0 Å². The summed E-state index contributed by atoms with van der Waals surface area (Å²) in [4.78, 5) is 32.3. The Morgan fingerprint density at radius 2 is 2.15 bits per heavy atom. The Kier molecular flexibility index (Phi) is 7.08. The van der Waals surface area contributed by atoms with E-state index in [9.17, 15) is 9.59 Å². The largest absolute Gasteiger partial charge is 0.493 e. The van der Waals surface area contributed by atoms with Gasteiger partial charge in [0, 0.05) is 4.88 Å². The lowest BCUT2D eigenvalue weighted by atomic mass is 9.97. The van der Waals surface area contributed by atoms with Gasteiger partial charge in [0.05, 0.1) is 31.6 Å². The van der Waals surface area contributed by atoms with Crippen molar-refractivity contribution < 1.29 is 14.3 Å². The molecule has 0 radical (unpaired) electrons. The van der Waals surface area contributed by atoms with Crippen LogP contribution in [0, 0.1) is 0 Å². The normalized spacial score (nSPS) is 14.3. The molecular weight excluding hydrogens is 440 g/mol. The Hall–Kier alpha value is -3.20. The number of carbonyl (C=O) groups is 1. The van der Waals surface area contributed by atoms with Gasteiger partial charge in [0.2, 0.25) is 0 Å². The number of hydrogen-bond acceptors (Lipinski definition) is 7. The zero-order valence-corrected chi connectivity index (χ0v) is 19.9. The lowest BCUT2D eigenvalue weighted by molar-refractivity contribution is -0.123. The van der Waals surface area contributed by atoms with Crippen molar-refractivity contribution in [3.63, 3.8) is 0 Å². The standard InChI is InChI=1S/C24H28N4O4S/c1-4-11-32-18-10-9-16(12-19(18)31-3)13-26-27-22(29)15(2)28-14-25-23-21(24(28)30)17-7-5-6-8-20(17)33-23/h9-10,12-15H,4-8,11H2,1-3H3,(H,27,29)/b26-13-/t15-/m0/s1. The summed E-state index contributed by atoms with van der Waals surface area (Å²) in [5, 5.41) is 4.72. The molecule has 174 valence electrons. The van der Waals surface area contributed by atoms with Crippen molar-refractivity contribution in [3.8, 4) is 11.5 Å². The molecule has 0 spiro atoms. The number of hydrogen-bond donors (Lipinski definition) is 1. The fraction of sp³-hybridized carbons (Fsp3) is 0.417. The average Bonchev–Trinajstić information content (AvgIpc) is 3.22. The number of benzene rings is 1. The molecular formula is C24H28N4O4S. The number of nitrogens with zero attached hydrogens (tertiary/aromatic N) is 3. The molecule has 1 N–H and O–H groups in total. The van der Waals surface area contributed by atoms with Crippen LogP contribution in [-0.2, 0) is 17.6 Å². The van der Waals surface area contributed by atoms with E-state index in [1.165, 1.54) is 22.0 Å². The number of hydrazone groups is 1. The molecule has 2 heterocycles. The molecule has 1 aliphatic rings. The third-order valence-corrected chi connectivity index (χ3v) is 6.93. The second-order valence-electron chi connectivity index (χ2n) is 8.02. The molecule has 9 heteroatoms. The summed E-state index contributed by atoms with van der Waals surface area (Å²) >= 11 is 1.59. The van der Waals surface area contributed by atoms with E-state index in [4.69, 9.17) is 9.47 Å². The SMILES string of the molecule is CCCOc1ccc(/C=N\NC(=O)[C@H](C)n2cnc3sc4c(c3c2=O)CCCC4)cc1OC. The van der Waals surface area contributed by atoms with Crippen molar-refractivity contribution >= 4 is 33.7 Å². The van der Waals surface area contributed by atoms with Gasteiger partial charge in [0.15, 0.2) is 11.5 Å². The maximum Gasteiger partial charge on any atom is 0.263 e. The van der Waals surface area contributed by atoms with E-state index in [2.05, 4.69) is 15.5 Å². The number of nitrogens with one attached hydrogen (secondary N) is 1. The van der Waals surface area contributed by atoms with Crippen LogP contribution in [0.25, 0.3) is 10.2 Å². The third-order valence-electron chi connectivity index (χ3n) is 5.73. The molecule has 0 fully saturated rings. The third kappa shape index (κ3) is 4.78. The van der Waals surface area contributed by atoms with E-state index >= 15 is 0 Å². The van der Waals surface area contributed by atoms with Crippen LogP contribution in [0.5, 0.6) is 11.5 Å². The molecule has 0 aliphatic heterocycles. The lowest BCUT2D eigenvalue weighted by Gasteiger charge is -2.14. The Balaban J connectivity index is 1.48.